The second kappa shape index (κ2) is 13.9. The van der Waals surface area contributed by atoms with Crippen molar-refractivity contribution in [2.45, 2.75) is 58.2 Å². The van der Waals surface area contributed by atoms with Gasteiger partial charge in [-0.3, -0.25) is 0 Å². The average molecular weight is 510 g/mol. The molecule has 0 saturated heterocycles. The van der Waals surface area contributed by atoms with Crippen LogP contribution in [-0.4, -0.2) is 28.0 Å². The van der Waals surface area contributed by atoms with E-state index in [0.717, 1.165) is 80.8 Å². The van der Waals surface area contributed by atoms with Crippen molar-refractivity contribution in [3.05, 3.63) is 78.0 Å². The van der Waals surface area contributed by atoms with Gasteiger partial charge in [-0.2, -0.15) is 18.2 Å². The molecule has 35 heavy (non-hydrogen) atoms. The zero-order chi connectivity index (χ0) is 25.8. The van der Waals surface area contributed by atoms with Gasteiger partial charge in [-0.05, 0) is 61.2 Å². The summed E-state index contributed by atoms with van der Waals surface area (Å²) in [7, 11) is 0. The molecule has 0 bridgehead atoms. The summed E-state index contributed by atoms with van der Waals surface area (Å²) < 4.78 is 38.7. The Kier molecular flexibility index (Phi) is 11.2. The van der Waals surface area contributed by atoms with E-state index in [1.165, 1.54) is 6.07 Å². The first-order valence-electron chi connectivity index (χ1n) is 11.8. The van der Waals surface area contributed by atoms with Gasteiger partial charge in [0.1, 0.15) is 5.69 Å². The van der Waals surface area contributed by atoms with Crippen molar-refractivity contribution in [2.75, 3.05) is 18.4 Å². The molecule has 0 radical (unpaired) electrons. The monoisotopic (exact) mass is 509 g/mol. The fraction of sp³-hybridized carbons (Fsp3) is 0.423. The second-order valence-corrected chi connectivity index (χ2v) is 8.71. The van der Waals surface area contributed by atoms with E-state index in [4.69, 9.17) is 11.6 Å². The van der Waals surface area contributed by atoms with Crippen molar-refractivity contribution >= 4 is 23.1 Å². The number of allylic oxidation sites excluding steroid dienone is 1. The van der Waals surface area contributed by atoms with Gasteiger partial charge in [-0.15, -0.1) is 0 Å². The van der Waals surface area contributed by atoms with E-state index in [1.54, 1.807) is 12.3 Å². The van der Waals surface area contributed by atoms with Crippen LogP contribution in [0, 0.1) is 0 Å². The maximum absolute atomic E-state index is 12.9. The van der Waals surface area contributed by atoms with Crippen LogP contribution in [0.1, 0.15) is 62.3 Å². The smallest absolute Gasteiger partial charge is 0.385 e. The van der Waals surface area contributed by atoms with Gasteiger partial charge in [-0.25, -0.2) is 0 Å². The molecule has 192 valence electrons. The number of nitrogens with zero attached hydrogens (tertiary/aromatic N) is 2. The molecular formula is C26H35ClF3N5. The Balaban J connectivity index is 1.86. The number of hydrogen-bond donors (Lipinski definition) is 3. The van der Waals surface area contributed by atoms with Crippen molar-refractivity contribution in [3.63, 3.8) is 0 Å². The van der Waals surface area contributed by atoms with E-state index in [2.05, 4.69) is 52.2 Å². The molecule has 0 aliphatic heterocycles. The third-order valence-electron chi connectivity index (χ3n) is 5.57. The van der Waals surface area contributed by atoms with Crippen LogP contribution in [-0.2, 0) is 12.7 Å². The Morgan fingerprint density at radius 1 is 1.17 bits per heavy atom. The molecule has 0 saturated carbocycles. The van der Waals surface area contributed by atoms with Crippen molar-refractivity contribution in [1.29, 1.82) is 0 Å². The lowest BCUT2D eigenvalue weighted by molar-refractivity contribution is -0.137. The number of anilines is 1. The predicted octanol–water partition coefficient (Wildman–Crippen LogP) is 7.57. The third kappa shape index (κ3) is 9.36. The van der Waals surface area contributed by atoms with Gasteiger partial charge >= 0.3 is 6.18 Å². The molecule has 1 aromatic carbocycles. The number of H-pyrrole nitrogens is 1. The van der Waals surface area contributed by atoms with Crippen molar-refractivity contribution < 1.29 is 13.2 Å². The molecule has 1 heterocycles. The second-order valence-electron chi connectivity index (χ2n) is 8.35. The molecule has 0 fully saturated rings. The highest BCUT2D eigenvalue weighted by Crippen LogP contribution is 2.29. The number of imidazole rings is 1. The van der Waals surface area contributed by atoms with Crippen molar-refractivity contribution in [1.82, 2.24) is 20.2 Å². The van der Waals surface area contributed by atoms with Crippen molar-refractivity contribution in [2.24, 2.45) is 0 Å². The molecule has 2 rings (SSSR count). The van der Waals surface area contributed by atoms with Gasteiger partial charge in [0.15, 0.2) is 5.82 Å². The molecule has 3 N–H and O–H groups in total. The van der Waals surface area contributed by atoms with Crippen LogP contribution < -0.4 is 10.6 Å². The molecule has 0 aliphatic rings. The lowest BCUT2D eigenvalue weighted by Crippen LogP contribution is -2.25. The number of unbranched alkanes of at least 4 members (excludes halogenated alkanes) is 3. The molecule has 5 nitrogen and oxygen atoms in total. The molecule has 0 unspecified atom stereocenters. The minimum absolute atomic E-state index is 0.280. The lowest BCUT2D eigenvalue weighted by Gasteiger charge is -2.27. The summed E-state index contributed by atoms with van der Waals surface area (Å²) in [4.78, 5) is 9.53. The molecule has 0 amide bonds. The van der Waals surface area contributed by atoms with E-state index >= 15 is 0 Å². The van der Waals surface area contributed by atoms with Gasteiger partial charge in [0.05, 0.1) is 11.3 Å². The highest BCUT2D eigenvalue weighted by molar-refractivity contribution is 6.28. The largest absolute Gasteiger partial charge is 0.416 e. The van der Waals surface area contributed by atoms with Crippen LogP contribution in [0.4, 0.5) is 19.0 Å². The normalized spacial score (nSPS) is 11.2. The summed E-state index contributed by atoms with van der Waals surface area (Å²) in [5, 5.41) is 6.41. The van der Waals surface area contributed by atoms with E-state index in [1.807, 2.05) is 0 Å². The van der Waals surface area contributed by atoms with E-state index < -0.39 is 11.7 Å². The van der Waals surface area contributed by atoms with E-state index in [0.29, 0.717) is 17.9 Å². The van der Waals surface area contributed by atoms with E-state index in [-0.39, 0.29) is 5.28 Å². The number of nitrogens with one attached hydrogen (secondary N) is 3. The first-order valence-corrected chi connectivity index (χ1v) is 12.2. The third-order valence-corrected chi connectivity index (χ3v) is 5.75. The van der Waals surface area contributed by atoms with Gasteiger partial charge in [0, 0.05) is 25.3 Å². The molecular weight excluding hydrogens is 475 g/mol. The molecule has 1 aromatic heterocycles. The summed E-state index contributed by atoms with van der Waals surface area (Å²) in [6.45, 7) is 16.1. The first kappa shape index (κ1) is 28.4. The number of benzene rings is 1. The van der Waals surface area contributed by atoms with Crippen LogP contribution in [0.15, 0.2) is 55.9 Å². The zero-order valence-corrected chi connectivity index (χ0v) is 21.0. The van der Waals surface area contributed by atoms with Crippen molar-refractivity contribution in [3.8, 4) is 0 Å². The molecule has 2 aromatic rings. The van der Waals surface area contributed by atoms with Crippen LogP contribution in [0.5, 0.6) is 0 Å². The SMILES string of the molecule is C=CNc1nc(Cl)[nH]c1C(=C)N(CCCCC)CCCCC(=C)NCc1cccc(C(F)(F)F)c1. The molecule has 0 atom stereocenters. The summed E-state index contributed by atoms with van der Waals surface area (Å²) in [5.74, 6) is 0.586. The van der Waals surface area contributed by atoms with Crippen LogP contribution in [0.3, 0.4) is 0 Å². The quantitative estimate of drug-likeness (QED) is 0.204. The fourth-order valence-electron chi connectivity index (χ4n) is 3.66. The van der Waals surface area contributed by atoms with Gasteiger partial charge in [-0.1, -0.05) is 51.6 Å². The number of alkyl halides is 3. The Morgan fingerprint density at radius 3 is 2.54 bits per heavy atom. The van der Waals surface area contributed by atoms with Gasteiger partial charge in [0.2, 0.25) is 5.28 Å². The minimum Gasteiger partial charge on any atom is -0.385 e. The van der Waals surface area contributed by atoms with Crippen LogP contribution in [0.25, 0.3) is 5.70 Å². The number of aromatic nitrogens is 2. The Morgan fingerprint density at radius 2 is 1.89 bits per heavy atom. The summed E-state index contributed by atoms with van der Waals surface area (Å²) in [6.07, 6.45) is 3.01. The summed E-state index contributed by atoms with van der Waals surface area (Å²) in [6, 6.07) is 5.33. The maximum Gasteiger partial charge on any atom is 0.416 e. The number of rotatable bonds is 16. The summed E-state index contributed by atoms with van der Waals surface area (Å²) >= 11 is 6.07. The van der Waals surface area contributed by atoms with Gasteiger partial charge in [0.25, 0.3) is 0 Å². The van der Waals surface area contributed by atoms with E-state index in [9.17, 15) is 13.2 Å². The van der Waals surface area contributed by atoms with Gasteiger partial charge < -0.3 is 20.5 Å². The number of hydrogen-bond acceptors (Lipinski definition) is 4. The zero-order valence-electron chi connectivity index (χ0n) is 20.3. The summed E-state index contributed by atoms with van der Waals surface area (Å²) in [5.41, 5.74) is 2.28. The lowest BCUT2D eigenvalue weighted by atomic mass is 10.1. The maximum atomic E-state index is 12.9. The minimum atomic E-state index is -4.34. The Hall–Kier alpha value is -2.87. The highest BCUT2D eigenvalue weighted by atomic mass is 35.5. The average Bonchev–Trinajstić information content (AvgIpc) is 3.18. The number of aromatic amines is 1. The Bertz CT molecular complexity index is 984. The van der Waals surface area contributed by atoms with Crippen LogP contribution in [0.2, 0.25) is 5.28 Å². The predicted molar refractivity (Wildman–Crippen MR) is 139 cm³/mol. The fourth-order valence-corrected chi connectivity index (χ4v) is 3.84. The molecule has 9 heteroatoms. The standard InChI is InChI=1S/C26H35ClF3N5/c1-5-7-9-15-35(20(4)23-24(31-6-2)34-25(27)33-23)16-10-8-12-19(3)32-18-21-13-11-14-22(17-21)26(28,29)30/h6,11,13-14,17,31-32H,2-5,7-10,12,15-16,18H2,1H3,(H,33,34). The van der Waals surface area contributed by atoms with Crippen LogP contribution >= 0.6 is 11.6 Å². The number of halogens is 4. The first-order chi connectivity index (χ1) is 16.7. The topological polar surface area (TPSA) is 56.0 Å². The Labute approximate surface area is 211 Å². The highest BCUT2D eigenvalue weighted by Gasteiger charge is 2.30. The molecule has 0 aliphatic carbocycles. The molecule has 0 spiro atoms.